The van der Waals surface area contributed by atoms with Crippen LogP contribution in [-0.4, -0.2) is 56.3 Å². The van der Waals surface area contributed by atoms with E-state index in [4.69, 9.17) is 13.9 Å². The SMILES string of the molecule is COc1ccc(C(=O)NC2CCN(C[C@H]3CCCO3)CC2)o1. The van der Waals surface area contributed by atoms with Crippen LogP contribution >= 0.6 is 0 Å². The lowest BCUT2D eigenvalue weighted by Gasteiger charge is -2.33. The molecule has 2 fully saturated rings. The third-order valence-electron chi connectivity index (χ3n) is 4.41. The van der Waals surface area contributed by atoms with Crippen molar-refractivity contribution in [3.63, 3.8) is 0 Å². The summed E-state index contributed by atoms with van der Waals surface area (Å²) in [5.41, 5.74) is 0. The number of piperidine rings is 1. The lowest BCUT2D eigenvalue weighted by Crippen LogP contribution is -2.46. The van der Waals surface area contributed by atoms with Gasteiger partial charge in [-0.25, -0.2) is 0 Å². The van der Waals surface area contributed by atoms with Gasteiger partial charge < -0.3 is 24.1 Å². The number of likely N-dealkylation sites (tertiary alicyclic amines) is 1. The Morgan fingerprint density at radius 1 is 1.36 bits per heavy atom. The molecule has 0 aliphatic carbocycles. The van der Waals surface area contributed by atoms with Crippen molar-refractivity contribution in [3.8, 4) is 5.95 Å². The molecule has 1 atom stereocenters. The molecule has 22 heavy (non-hydrogen) atoms. The van der Waals surface area contributed by atoms with Gasteiger partial charge in [-0.15, -0.1) is 0 Å². The summed E-state index contributed by atoms with van der Waals surface area (Å²) in [6.07, 6.45) is 4.70. The maximum Gasteiger partial charge on any atom is 0.287 e. The predicted molar refractivity (Wildman–Crippen MR) is 81.2 cm³/mol. The molecule has 1 aromatic heterocycles. The van der Waals surface area contributed by atoms with Crippen LogP contribution in [0.5, 0.6) is 5.95 Å². The lowest BCUT2D eigenvalue weighted by molar-refractivity contribution is 0.0609. The van der Waals surface area contributed by atoms with Crippen LogP contribution in [-0.2, 0) is 4.74 Å². The van der Waals surface area contributed by atoms with Gasteiger partial charge in [-0.3, -0.25) is 4.79 Å². The molecular formula is C16H24N2O4. The first-order valence-electron chi connectivity index (χ1n) is 8.03. The second-order valence-electron chi connectivity index (χ2n) is 6.01. The van der Waals surface area contributed by atoms with Crippen LogP contribution in [0.3, 0.4) is 0 Å². The zero-order chi connectivity index (χ0) is 15.4. The molecule has 0 saturated carbocycles. The number of nitrogens with one attached hydrogen (secondary N) is 1. The number of nitrogens with zero attached hydrogens (tertiary/aromatic N) is 1. The molecule has 6 heteroatoms. The zero-order valence-electron chi connectivity index (χ0n) is 13.0. The maximum absolute atomic E-state index is 12.1. The quantitative estimate of drug-likeness (QED) is 0.896. The molecule has 1 aromatic rings. The Morgan fingerprint density at radius 2 is 2.18 bits per heavy atom. The van der Waals surface area contributed by atoms with Crippen molar-refractivity contribution in [2.75, 3.05) is 33.4 Å². The van der Waals surface area contributed by atoms with Crippen LogP contribution < -0.4 is 10.1 Å². The Kier molecular flexibility index (Phi) is 5.00. The molecule has 0 spiro atoms. The number of carbonyl (C=O) groups is 1. The Hall–Kier alpha value is -1.53. The first-order valence-corrected chi connectivity index (χ1v) is 8.03. The van der Waals surface area contributed by atoms with E-state index in [-0.39, 0.29) is 11.9 Å². The van der Waals surface area contributed by atoms with Gasteiger partial charge in [-0.1, -0.05) is 0 Å². The van der Waals surface area contributed by atoms with Crippen LogP contribution in [0.25, 0.3) is 0 Å². The molecular weight excluding hydrogens is 284 g/mol. The zero-order valence-corrected chi connectivity index (χ0v) is 13.0. The summed E-state index contributed by atoms with van der Waals surface area (Å²) in [4.78, 5) is 14.5. The summed E-state index contributed by atoms with van der Waals surface area (Å²) in [5.74, 6) is 0.496. The van der Waals surface area contributed by atoms with Crippen molar-refractivity contribution < 1.29 is 18.7 Å². The average Bonchev–Trinajstić information content (AvgIpc) is 3.20. The van der Waals surface area contributed by atoms with Crippen molar-refractivity contribution >= 4 is 5.91 Å². The van der Waals surface area contributed by atoms with Crippen molar-refractivity contribution in [3.05, 3.63) is 17.9 Å². The fraction of sp³-hybridized carbons (Fsp3) is 0.688. The lowest BCUT2D eigenvalue weighted by atomic mass is 10.0. The number of hydrogen-bond donors (Lipinski definition) is 1. The van der Waals surface area contributed by atoms with Crippen LogP contribution in [0.2, 0.25) is 0 Å². The highest BCUT2D eigenvalue weighted by Crippen LogP contribution is 2.18. The third-order valence-corrected chi connectivity index (χ3v) is 4.41. The number of methoxy groups -OCH3 is 1. The molecule has 0 radical (unpaired) electrons. The second kappa shape index (κ2) is 7.15. The Bertz CT molecular complexity index is 488. The molecule has 1 N–H and O–H groups in total. The van der Waals surface area contributed by atoms with Crippen molar-refractivity contribution in [1.82, 2.24) is 10.2 Å². The Labute approximate surface area is 130 Å². The number of ether oxygens (including phenoxy) is 2. The third kappa shape index (κ3) is 3.81. The highest BCUT2D eigenvalue weighted by Gasteiger charge is 2.25. The van der Waals surface area contributed by atoms with E-state index in [1.54, 1.807) is 12.1 Å². The summed E-state index contributed by atoms with van der Waals surface area (Å²) in [7, 11) is 1.52. The normalized spacial score (nSPS) is 23.6. The summed E-state index contributed by atoms with van der Waals surface area (Å²) in [6, 6.07) is 3.50. The van der Waals surface area contributed by atoms with E-state index in [0.29, 0.717) is 17.8 Å². The molecule has 122 valence electrons. The van der Waals surface area contributed by atoms with E-state index in [9.17, 15) is 4.79 Å². The summed E-state index contributed by atoms with van der Waals surface area (Å²) in [5, 5.41) is 3.04. The van der Waals surface area contributed by atoms with Crippen molar-refractivity contribution in [1.29, 1.82) is 0 Å². The number of hydrogen-bond acceptors (Lipinski definition) is 5. The number of rotatable bonds is 5. The van der Waals surface area contributed by atoms with Gasteiger partial charge in [0.15, 0.2) is 5.76 Å². The van der Waals surface area contributed by atoms with E-state index >= 15 is 0 Å². The van der Waals surface area contributed by atoms with E-state index in [0.717, 1.165) is 39.1 Å². The summed E-state index contributed by atoms with van der Waals surface area (Å²) >= 11 is 0. The Balaban J connectivity index is 1.42. The number of furan rings is 1. The van der Waals surface area contributed by atoms with Gasteiger partial charge in [0, 0.05) is 38.3 Å². The fourth-order valence-corrected chi connectivity index (χ4v) is 3.14. The molecule has 6 nitrogen and oxygen atoms in total. The van der Waals surface area contributed by atoms with Gasteiger partial charge in [0.1, 0.15) is 0 Å². The highest BCUT2D eigenvalue weighted by atomic mass is 16.6. The van der Waals surface area contributed by atoms with E-state index in [2.05, 4.69) is 10.2 Å². The van der Waals surface area contributed by atoms with E-state index in [1.165, 1.54) is 20.0 Å². The van der Waals surface area contributed by atoms with Crippen LogP contribution in [0.15, 0.2) is 16.5 Å². The highest BCUT2D eigenvalue weighted by molar-refractivity contribution is 5.91. The van der Waals surface area contributed by atoms with Gasteiger partial charge >= 0.3 is 0 Å². The summed E-state index contributed by atoms with van der Waals surface area (Å²) in [6.45, 7) is 3.94. The predicted octanol–water partition coefficient (Wildman–Crippen LogP) is 1.66. The minimum absolute atomic E-state index is 0.166. The molecule has 1 amide bonds. The van der Waals surface area contributed by atoms with E-state index in [1.807, 2.05) is 0 Å². The molecule has 3 heterocycles. The maximum atomic E-state index is 12.1. The van der Waals surface area contributed by atoms with Gasteiger partial charge in [0.25, 0.3) is 11.9 Å². The van der Waals surface area contributed by atoms with Crippen LogP contribution in [0, 0.1) is 0 Å². The molecule has 2 saturated heterocycles. The smallest absolute Gasteiger partial charge is 0.287 e. The topological polar surface area (TPSA) is 63.9 Å². The van der Waals surface area contributed by atoms with Gasteiger partial charge in [-0.05, 0) is 31.7 Å². The standard InChI is InChI=1S/C16H24N2O4/c1-20-15-5-4-14(22-15)16(19)17-12-6-8-18(9-7-12)11-13-3-2-10-21-13/h4-5,12-13H,2-3,6-11H2,1H3,(H,17,19)/t13-/m1/s1. The minimum Gasteiger partial charge on any atom is -0.468 e. The van der Waals surface area contributed by atoms with Gasteiger partial charge in [-0.2, -0.15) is 0 Å². The largest absolute Gasteiger partial charge is 0.468 e. The van der Waals surface area contributed by atoms with Crippen LogP contribution in [0.4, 0.5) is 0 Å². The van der Waals surface area contributed by atoms with Crippen molar-refractivity contribution in [2.45, 2.75) is 37.8 Å². The molecule has 0 bridgehead atoms. The minimum atomic E-state index is -0.166. The summed E-state index contributed by atoms with van der Waals surface area (Å²) < 4.78 is 15.9. The van der Waals surface area contributed by atoms with Gasteiger partial charge in [0.2, 0.25) is 0 Å². The first kappa shape index (κ1) is 15.4. The number of carbonyl (C=O) groups excluding carboxylic acids is 1. The molecule has 0 unspecified atom stereocenters. The molecule has 0 aromatic carbocycles. The molecule has 2 aliphatic heterocycles. The molecule has 3 rings (SSSR count). The van der Waals surface area contributed by atoms with Crippen LogP contribution in [0.1, 0.15) is 36.2 Å². The Morgan fingerprint density at radius 3 is 2.82 bits per heavy atom. The van der Waals surface area contributed by atoms with Crippen molar-refractivity contribution in [2.24, 2.45) is 0 Å². The fourth-order valence-electron chi connectivity index (χ4n) is 3.14. The average molecular weight is 308 g/mol. The second-order valence-corrected chi connectivity index (χ2v) is 6.01. The monoisotopic (exact) mass is 308 g/mol. The van der Waals surface area contributed by atoms with Gasteiger partial charge in [0.05, 0.1) is 13.2 Å². The first-order chi connectivity index (χ1) is 10.7. The van der Waals surface area contributed by atoms with E-state index < -0.39 is 0 Å². The molecule has 2 aliphatic rings. The number of amides is 1.